The molecule has 0 aliphatic heterocycles. The Morgan fingerprint density at radius 2 is 2.41 bits per heavy atom. The van der Waals surface area contributed by atoms with Crippen molar-refractivity contribution >= 4 is 15.9 Å². The maximum absolute atomic E-state index is 11.9. The fraction of sp³-hybridized carbons (Fsp3) is 0.500. The molecule has 0 radical (unpaired) electrons. The van der Waals surface area contributed by atoms with Crippen molar-refractivity contribution in [1.82, 2.24) is 14.9 Å². The van der Waals surface area contributed by atoms with Crippen LogP contribution in [0.4, 0.5) is 0 Å². The lowest BCUT2D eigenvalue weighted by Crippen LogP contribution is -2.46. The van der Waals surface area contributed by atoms with Crippen molar-refractivity contribution in [1.29, 1.82) is 0 Å². The Balaban J connectivity index is 2.18. The Morgan fingerprint density at radius 3 is 2.88 bits per heavy atom. The molecule has 1 atom stereocenters. The molecule has 1 heterocycles. The van der Waals surface area contributed by atoms with Crippen molar-refractivity contribution in [2.24, 2.45) is 16.8 Å². The van der Waals surface area contributed by atoms with Gasteiger partial charge in [-0.1, -0.05) is 5.16 Å². The zero-order valence-corrected chi connectivity index (χ0v) is 9.68. The minimum absolute atomic E-state index is 0.0473. The fourth-order valence-corrected chi connectivity index (χ4v) is 2.70. The Morgan fingerprint density at radius 1 is 1.71 bits per heavy atom. The maximum atomic E-state index is 11.9. The monoisotopic (exact) mass is 259 g/mol. The first-order valence-electron chi connectivity index (χ1n) is 5.03. The number of H-pyrrole nitrogens is 1. The summed E-state index contributed by atoms with van der Waals surface area (Å²) in [6.45, 7) is 0. The van der Waals surface area contributed by atoms with Crippen LogP contribution in [0.1, 0.15) is 12.8 Å². The third-order valence-corrected chi connectivity index (χ3v) is 3.94. The molecule has 0 amide bonds. The Hall–Kier alpha value is -1.61. The molecule has 94 valence electrons. The van der Waals surface area contributed by atoms with Gasteiger partial charge in [0.05, 0.1) is 12.2 Å². The van der Waals surface area contributed by atoms with Crippen molar-refractivity contribution in [3.8, 4) is 0 Å². The van der Waals surface area contributed by atoms with Gasteiger partial charge >= 0.3 is 0 Å². The third kappa shape index (κ3) is 2.56. The molecule has 0 bridgehead atoms. The summed E-state index contributed by atoms with van der Waals surface area (Å²) in [6, 6.07) is 0.659. The van der Waals surface area contributed by atoms with E-state index >= 15 is 0 Å². The number of nitrogens with one attached hydrogen (secondary N) is 2. The van der Waals surface area contributed by atoms with Crippen molar-refractivity contribution in [3.05, 3.63) is 12.3 Å². The molecule has 1 aliphatic carbocycles. The second-order valence-corrected chi connectivity index (χ2v) is 5.56. The number of amidine groups is 1. The summed E-state index contributed by atoms with van der Waals surface area (Å²) < 4.78 is 26.2. The summed E-state index contributed by atoms with van der Waals surface area (Å²) in [7, 11) is -3.72. The molecule has 1 saturated carbocycles. The minimum atomic E-state index is -3.72. The summed E-state index contributed by atoms with van der Waals surface area (Å²) >= 11 is 0. The predicted molar refractivity (Wildman–Crippen MR) is 58.8 cm³/mol. The maximum Gasteiger partial charge on any atom is 0.258 e. The molecule has 1 aromatic rings. The molecule has 2 rings (SSSR count). The van der Waals surface area contributed by atoms with Gasteiger partial charge in [0.15, 0.2) is 10.9 Å². The van der Waals surface area contributed by atoms with Gasteiger partial charge in [-0.05, 0) is 24.8 Å². The molecule has 0 spiro atoms. The van der Waals surface area contributed by atoms with Gasteiger partial charge in [0.2, 0.25) is 0 Å². The van der Waals surface area contributed by atoms with Gasteiger partial charge < -0.3 is 10.9 Å². The van der Waals surface area contributed by atoms with Crippen LogP contribution in [0.25, 0.3) is 0 Å². The molecule has 1 aromatic heterocycles. The number of nitrogens with zero attached hydrogens (tertiary/aromatic N) is 2. The van der Waals surface area contributed by atoms with E-state index in [0.29, 0.717) is 0 Å². The van der Waals surface area contributed by atoms with E-state index in [4.69, 9.17) is 10.9 Å². The lowest BCUT2D eigenvalue weighted by Gasteiger charge is -2.15. The largest absolute Gasteiger partial charge is 0.409 e. The van der Waals surface area contributed by atoms with Crippen molar-refractivity contribution in [2.45, 2.75) is 23.9 Å². The summed E-state index contributed by atoms with van der Waals surface area (Å²) in [5, 5.41) is 17.3. The molecular weight excluding hydrogens is 246 g/mol. The van der Waals surface area contributed by atoms with E-state index in [2.05, 4.69) is 20.1 Å². The van der Waals surface area contributed by atoms with E-state index in [1.54, 1.807) is 0 Å². The number of rotatable bonds is 5. The molecule has 0 saturated heterocycles. The van der Waals surface area contributed by atoms with Crippen LogP contribution in [-0.2, 0) is 10.0 Å². The van der Waals surface area contributed by atoms with Gasteiger partial charge in [0.25, 0.3) is 10.0 Å². The van der Waals surface area contributed by atoms with Gasteiger partial charge in [0, 0.05) is 0 Å². The van der Waals surface area contributed by atoms with E-state index in [1.165, 1.54) is 12.3 Å². The van der Waals surface area contributed by atoms with E-state index in [1.807, 2.05) is 0 Å². The number of oxime groups is 1. The Labute approximate surface area is 97.9 Å². The zero-order chi connectivity index (χ0) is 12.5. The number of hydrogen-bond acceptors (Lipinski definition) is 5. The van der Waals surface area contributed by atoms with Gasteiger partial charge in [-0.3, -0.25) is 5.10 Å². The van der Waals surface area contributed by atoms with E-state index in [0.717, 1.165) is 12.8 Å². The molecular formula is C8H13N5O3S. The molecule has 0 aromatic carbocycles. The van der Waals surface area contributed by atoms with Crippen molar-refractivity contribution in [3.63, 3.8) is 0 Å². The van der Waals surface area contributed by atoms with E-state index < -0.39 is 16.1 Å². The highest BCUT2D eigenvalue weighted by molar-refractivity contribution is 7.89. The second-order valence-electron chi connectivity index (χ2n) is 3.88. The van der Waals surface area contributed by atoms with Crippen LogP contribution in [-0.4, -0.2) is 35.7 Å². The predicted octanol–water partition coefficient (Wildman–Crippen LogP) is -0.787. The van der Waals surface area contributed by atoms with Crippen molar-refractivity contribution in [2.75, 3.05) is 0 Å². The average Bonchev–Trinajstić information content (AvgIpc) is 2.98. The highest BCUT2D eigenvalue weighted by atomic mass is 32.2. The lowest BCUT2D eigenvalue weighted by molar-refractivity contribution is 0.314. The zero-order valence-electron chi connectivity index (χ0n) is 8.87. The second kappa shape index (κ2) is 4.34. The summed E-state index contributed by atoms with van der Waals surface area (Å²) in [5.74, 6) is -0.0424. The summed E-state index contributed by atoms with van der Waals surface area (Å²) in [4.78, 5) is 0. The highest BCUT2D eigenvalue weighted by Gasteiger charge is 2.37. The number of nitrogens with two attached hydrogens (primary N) is 1. The van der Waals surface area contributed by atoms with Gasteiger partial charge in [-0.2, -0.15) is 9.82 Å². The average molecular weight is 259 g/mol. The van der Waals surface area contributed by atoms with E-state index in [-0.39, 0.29) is 16.8 Å². The first-order chi connectivity index (χ1) is 8.04. The minimum Gasteiger partial charge on any atom is -0.409 e. The van der Waals surface area contributed by atoms with Crippen LogP contribution < -0.4 is 10.5 Å². The van der Waals surface area contributed by atoms with Crippen LogP contribution in [0, 0.1) is 5.92 Å². The Bertz CT molecular complexity index is 505. The summed E-state index contributed by atoms with van der Waals surface area (Å²) in [5.41, 5.74) is 5.47. The smallest absolute Gasteiger partial charge is 0.258 e. The number of hydrogen-bond donors (Lipinski definition) is 4. The molecule has 17 heavy (non-hydrogen) atoms. The van der Waals surface area contributed by atoms with E-state index in [9.17, 15) is 8.42 Å². The molecule has 5 N–H and O–H groups in total. The SMILES string of the molecule is NC(=NO)C(NS(=O)(=O)c1ccn[nH]1)C1CC1. The standard InChI is InChI=1S/C8H13N5O3S/c9-8(12-14)7(5-1-2-5)13-17(15,16)6-3-4-10-11-6/h3-5,7,13-14H,1-2H2,(H2,9,12)(H,10,11). The van der Waals surface area contributed by atoms with Gasteiger partial charge in [0.1, 0.15) is 0 Å². The Kier molecular flexibility index (Phi) is 3.03. The quantitative estimate of drug-likeness (QED) is 0.238. The number of aromatic amines is 1. The lowest BCUT2D eigenvalue weighted by atomic mass is 10.2. The number of sulfonamides is 1. The van der Waals surface area contributed by atoms with Gasteiger partial charge in [-0.15, -0.1) is 0 Å². The molecule has 9 heteroatoms. The highest BCUT2D eigenvalue weighted by Crippen LogP contribution is 2.33. The summed E-state index contributed by atoms with van der Waals surface area (Å²) in [6.07, 6.45) is 3.04. The van der Waals surface area contributed by atoms with Crippen LogP contribution >= 0.6 is 0 Å². The van der Waals surface area contributed by atoms with Crippen LogP contribution in [0.5, 0.6) is 0 Å². The third-order valence-electron chi connectivity index (χ3n) is 2.57. The van der Waals surface area contributed by atoms with Crippen LogP contribution in [0.2, 0.25) is 0 Å². The molecule has 8 nitrogen and oxygen atoms in total. The van der Waals surface area contributed by atoms with Crippen LogP contribution in [0.3, 0.4) is 0 Å². The first-order valence-corrected chi connectivity index (χ1v) is 6.52. The van der Waals surface area contributed by atoms with Gasteiger partial charge in [-0.25, -0.2) is 8.42 Å². The number of aromatic nitrogens is 2. The molecule has 1 aliphatic rings. The first kappa shape index (κ1) is 11.9. The van der Waals surface area contributed by atoms with Crippen LogP contribution in [0.15, 0.2) is 22.4 Å². The molecule has 1 fully saturated rings. The fourth-order valence-electron chi connectivity index (χ4n) is 1.51. The normalized spacial score (nSPS) is 19.2. The molecule has 1 unspecified atom stereocenters. The van der Waals surface area contributed by atoms with Crippen molar-refractivity contribution < 1.29 is 13.6 Å². The topological polar surface area (TPSA) is 133 Å².